The number of methoxy groups -OCH3 is 1. The minimum absolute atomic E-state index is 0.392. The van der Waals surface area contributed by atoms with Gasteiger partial charge in [-0.1, -0.05) is 6.92 Å². The van der Waals surface area contributed by atoms with Crippen molar-refractivity contribution in [2.24, 2.45) is 5.73 Å². The van der Waals surface area contributed by atoms with Crippen molar-refractivity contribution in [3.05, 3.63) is 35.5 Å². The standard InChI is InChI=1S/C13H19N5O/c1-4-9-8-10(18(5-2)17-9)11(14)12-13(19-3)16-7-6-15-12/h6-8,11H,4-5,14H2,1-3H3. The molecular formula is C13H19N5O. The van der Waals surface area contributed by atoms with E-state index in [9.17, 15) is 0 Å². The molecule has 1 unspecified atom stereocenters. The second kappa shape index (κ2) is 5.79. The van der Waals surface area contributed by atoms with Gasteiger partial charge in [0.1, 0.15) is 5.69 Å². The quantitative estimate of drug-likeness (QED) is 0.878. The van der Waals surface area contributed by atoms with Crippen LogP contribution in [0.5, 0.6) is 5.88 Å². The summed E-state index contributed by atoms with van der Waals surface area (Å²) in [5.41, 5.74) is 8.87. The summed E-state index contributed by atoms with van der Waals surface area (Å²) >= 11 is 0. The van der Waals surface area contributed by atoms with Gasteiger partial charge < -0.3 is 10.5 Å². The molecule has 6 heteroatoms. The summed E-state index contributed by atoms with van der Waals surface area (Å²) in [6.45, 7) is 4.88. The third-order valence-corrected chi connectivity index (χ3v) is 3.02. The van der Waals surface area contributed by atoms with Crippen LogP contribution in [-0.4, -0.2) is 26.9 Å². The van der Waals surface area contributed by atoms with Crippen molar-refractivity contribution in [1.29, 1.82) is 0 Å². The minimum Gasteiger partial charge on any atom is -0.480 e. The van der Waals surface area contributed by atoms with E-state index in [1.807, 2.05) is 17.7 Å². The van der Waals surface area contributed by atoms with Crippen LogP contribution in [0, 0.1) is 0 Å². The van der Waals surface area contributed by atoms with Gasteiger partial charge in [0.2, 0.25) is 5.88 Å². The van der Waals surface area contributed by atoms with E-state index in [2.05, 4.69) is 22.0 Å². The second-order valence-electron chi connectivity index (χ2n) is 4.16. The van der Waals surface area contributed by atoms with Crippen LogP contribution in [0.1, 0.15) is 37.0 Å². The van der Waals surface area contributed by atoms with Crippen molar-refractivity contribution >= 4 is 0 Å². The maximum absolute atomic E-state index is 6.29. The lowest BCUT2D eigenvalue weighted by atomic mass is 10.1. The van der Waals surface area contributed by atoms with E-state index in [0.717, 1.165) is 24.4 Å². The number of hydrogen-bond donors (Lipinski definition) is 1. The monoisotopic (exact) mass is 261 g/mol. The Hall–Kier alpha value is -1.95. The topological polar surface area (TPSA) is 78.9 Å². The molecule has 19 heavy (non-hydrogen) atoms. The highest BCUT2D eigenvalue weighted by atomic mass is 16.5. The number of ether oxygens (including phenoxy) is 1. The van der Waals surface area contributed by atoms with Gasteiger partial charge in [0.15, 0.2) is 0 Å². The van der Waals surface area contributed by atoms with Crippen LogP contribution in [0.3, 0.4) is 0 Å². The third kappa shape index (κ3) is 2.58. The molecule has 2 aromatic rings. The van der Waals surface area contributed by atoms with E-state index in [-0.39, 0.29) is 0 Å². The lowest BCUT2D eigenvalue weighted by Gasteiger charge is -2.14. The fourth-order valence-corrected chi connectivity index (χ4v) is 2.01. The Kier molecular flexibility index (Phi) is 4.11. The largest absolute Gasteiger partial charge is 0.480 e. The second-order valence-corrected chi connectivity index (χ2v) is 4.16. The SMILES string of the molecule is CCc1cc(C(N)c2nccnc2OC)n(CC)n1. The number of hydrogen-bond acceptors (Lipinski definition) is 5. The molecule has 0 aliphatic carbocycles. The lowest BCUT2D eigenvalue weighted by Crippen LogP contribution is -2.19. The first-order valence-electron chi connectivity index (χ1n) is 6.38. The van der Waals surface area contributed by atoms with E-state index in [4.69, 9.17) is 10.5 Å². The van der Waals surface area contributed by atoms with Crippen LogP contribution in [0.2, 0.25) is 0 Å². The molecule has 2 N–H and O–H groups in total. The van der Waals surface area contributed by atoms with Gasteiger partial charge in [0.25, 0.3) is 0 Å². The highest BCUT2D eigenvalue weighted by molar-refractivity contribution is 5.29. The first-order chi connectivity index (χ1) is 9.21. The molecule has 0 bridgehead atoms. The van der Waals surface area contributed by atoms with Gasteiger partial charge in [0.05, 0.1) is 24.5 Å². The average Bonchev–Trinajstić information content (AvgIpc) is 2.89. The molecule has 6 nitrogen and oxygen atoms in total. The predicted octanol–water partition coefficient (Wildman–Crippen LogP) is 1.31. The van der Waals surface area contributed by atoms with Gasteiger partial charge in [-0.2, -0.15) is 5.10 Å². The Morgan fingerprint density at radius 2 is 2.05 bits per heavy atom. The number of nitrogens with two attached hydrogens (primary N) is 1. The maximum Gasteiger partial charge on any atom is 0.237 e. The Morgan fingerprint density at radius 1 is 1.32 bits per heavy atom. The molecule has 2 heterocycles. The summed E-state index contributed by atoms with van der Waals surface area (Å²) < 4.78 is 7.11. The molecule has 0 fully saturated rings. The van der Waals surface area contributed by atoms with E-state index in [1.165, 1.54) is 0 Å². The Balaban J connectivity index is 2.43. The average molecular weight is 261 g/mol. The normalized spacial score (nSPS) is 12.4. The van der Waals surface area contributed by atoms with Crippen LogP contribution in [-0.2, 0) is 13.0 Å². The van der Waals surface area contributed by atoms with Crippen molar-refractivity contribution < 1.29 is 4.74 Å². The van der Waals surface area contributed by atoms with E-state index in [0.29, 0.717) is 11.6 Å². The van der Waals surface area contributed by atoms with E-state index >= 15 is 0 Å². The maximum atomic E-state index is 6.29. The number of aryl methyl sites for hydroxylation is 2. The van der Waals surface area contributed by atoms with Crippen molar-refractivity contribution in [1.82, 2.24) is 19.7 Å². The van der Waals surface area contributed by atoms with Crippen LogP contribution < -0.4 is 10.5 Å². The van der Waals surface area contributed by atoms with Gasteiger partial charge in [-0.15, -0.1) is 0 Å². The van der Waals surface area contributed by atoms with Crippen LogP contribution >= 0.6 is 0 Å². The zero-order valence-corrected chi connectivity index (χ0v) is 11.5. The molecule has 0 aromatic carbocycles. The predicted molar refractivity (Wildman–Crippen MR) is 71.9 cm³/mol. The summed E-state index contributed by atoms with van der Waals surface area (Å²) in [6.07, 6.45) is 4.08. The highest BCUT2D eigenvalue weighted by Gasteiger charge is 2.20. The molecular weight excluding hydrogens is 242 g/mol. The van der Waals surface area contributed by atoms with Crippen molar-refractivity contribution in [3.63, 3.8) is 0 Å². The molecule has 0 spiro atoms. The smallest absolute Gasteiger partial charge is 0.237 e. The van der Waals surface area contributed by atoms with Crippen LogP contribution in [0.15, 0.2) is 18.5 Å². The fraction of sp³-hybridized carbons (Fsp3) is 0.462. The zero-order valence-electron chi connectivity index (χ0n) is 11.5. The van der Waals surface area contributed by atoms with Crippen LogP contribution in [0.4, 0.5) is 0 Å². The first kappa shape index (κ1) is 13.5. The van der Waals surface area contributed by atoms with Gasteiger partial charge in [-0.3, -0.25) is 9.67 Å². The fourth-order valence-electron chi connectivity index (χ4n) is 2.01. The van der Waals surface area contributed by atoms with Gasteiger partial charge in [-0.05, 0) is 19.4 Å². The van der Waals surface area contributed by atoms with E-state index < -0.39 is 6.04 Å². The van der Waals surface area contributed by atoms with Gasteiger partial charge >= 0.3 is 0 Å². The Labute approximate surface area is 112 Å². The molecule has 0 aliphatic rings. The molecule has 1 atom stereocenters. The molecule has 102 valence electrons. The summed E-state index contributed by atoms with van der Waals surface area (Å²) in [4.78, 5) is 8.41. The lowest BCUT2D eigenvalue weighted by molar-refractivity contribution is 0.386. The molecule has 2 rings (SSSR count). The Bertz CT molecular complexity index is 552. The summed E-state index contributed by atoms with van der Waals surface area (Å²) in [5, 5.41) is 4.50. The number of aromatic nitrogens is 4. The first-order valence-corrected chi connectivity index (χ1v) is 6.38. The zero-order chi connectivity index (χ0) is 13.8. The molecule has 0 amide bonds. The molecule has 2 aromatic heterocycles. The van der Waals surface area contributed by atoms with E-state index in [1.54, 1.807) is 19.5 Å². The van der Waals surface area contributed by atoms with Crippen LogP contribution in [0.25, 0.3) is 0 Å². The van der Waals surface area contributed by atoms with Crippen molar-refractivity contribution in [2.45, 2.75) is 32.9 Å². The molecule has 0 aliphatic heterocycles. The number of rotatable bonds is 5. The molecule has 0 saturated carbocycles. The molecule has 0 radical (unpaired) electrons. The number of nitrogens with zero attached hydrogens (tertiary/aromatic N) is 4. The summed E-state index contributed by atoms with van der Waals surface area (Å²) in [6, 6.07) is 1.62. The summed E-state index contributed by atoms with van der Waals surface area (Å²) in [7, 11) is 1.56. The van der Waals surface area contributed by atoms with Gasteiger partial charge in [-0.25, -0.2) is 4.98 Å². The van der Waals surface area contributed by atoms with Crippen molar-refractivity contribution in [2.75, 3.05) is 7.11 Å². The molecule has 0 saturated heterocycles. The summed E-state index contributed by atoms with van der Waals surface area (Å²) in [5.74, 6) is 0.455. The highest BCUT2D eigenvalue weighted by Crippen LogP contribution is 2.24. The van der Waals surface area contributed by atoms with Gasteiger partial charge in [0, 0.05) is 18.9 Å². The third-order valence-electron chi connectivity index (χ3n) is 3.02. The Morgan fingerprint density at radius 3 is 2.68 bits per heavy atom. The minimum atomic E-state index is -0.392. The van der Waals surface area contributed by atoms with Crippen molar-refractivity contribution in [3.8, 4) is 5.88 Å².